The Hall–Kier alpha value is -0.320. The van der Waals surface area contributed by atoms with Crippen LogP contribution in [0.15, 0.2) is 0 Å². The Labute approximate surface area is 121 Å². The minimum Gasteiger partial charge on any atom is -0.481 e. The first-order valence-electron chi connectivity index (χ1n) is 7.43. The molecule has 0 aromatic carbocycles. The normalized spacial score (nSPS) is 38.1. The first-order chi connectivity index (χ1) is 8.74. The second kappa shape index (κ2) is 6.42. The maximum Gasteiger partial charge on any atom is 0.303 e. The Bertz CT molecular complexity index is 325. The number of piperidine rings is 3. The standard InChI is InChI=1S/C14H24N2O2.ClH/c17-14(18)5-4-12-11-7-10(8-15-12)13-3-1-2-6-16(13)9-11;/h10-13,15H,1-9H2,(H,17,18);1H/t10?,11?,12?,13-;/m0./s1. The lowest BCUT2D eigenvalue weighted by Crippen LogP contribution is -2.61. The Morgan fingerprint density at radius 1 is 1.32 bits per heavy atom. The highest BCUT2D eigenvalue weighted by atomic mass is 35.5. The van der Waals surface area contributed by atoms with Gasteiger partial charge in [-0.05, 0) is 50.6 Å². The van der Waals surface area contributed by atoms with E-state index in [0.717, 1.165) is 24.9 Å². The Morgan fingerprint density at radius 2 is 2.16 bits per heavy atom. The fraction of sp³-hybridized carbons (Fsp3) is 0.929. The minimum atomic E-state index is -0.661. The zero-order valence-electron chi connectivity index (χ0n) is 11.4. The predicted molar refractivity (Wildman–Crippen MR) is 76.7 cm³/mol. The van der Waals surface area contributed by atoms with Crippen LogP contribution in [0.2, 0.25) is 0 Å². The van der Waals surface area contributed by atoms with E-state index >= 15 is 0 Å². The van der Waals surface area contributed by atoms with Crippen molar-refractivity contribution in [2.75, 3.05) is 19.6 Å². The number of halogens is 1. The highest BCUT2D eigenvalue weighted by Gasteiger charge is 2.42. The summed E-state index contributed by atoms with van der Waals surface area (Å²) in [6.07, 6.45) is 6.54. The van der Waals surface area contributed by atoms with Crippen LogP contribution >= 0.6 is 12.4 Å². The van der Waals surface area contributed by atoms with Crippen LogP contribution in [-0.4, -0.2) is 47.7 Å². The van der Waals surface area contributed by atoms with Gasteiger partial charge in [-0.2, -0.15) is 0 Å². The van der Waals surface area contributed by atoms with Crippen molar-refractivity contribution in [2.24, 2.45) is 11.8 Å². The van der Waals surface area contributed by atoms with Gasteiger partial charge in [0, 0.05) is 25.0 Å². The van der Waals surface area contributed by atoms with Gasteiger partial charge < -0.3 is 10.4 Å². The summed E-state index contributed by atoms with van der Waals surface area (Å²) in [7, 11) is 0. The number of carboxylic acids is 1. The highest BCUT2D eigenvalue weighted by molar-refractivity contribution is 5.85. The van der Waals surface area contributed by atoms with Crippen molar-refractivity contribution >= 4 is 18.4 Å². The fourth-order valence-corrected chi connectivity index (χ4v) is 4.30. The third-order valence-corrected chi connectivity index (χ3v) is 5.16. The van der Waals surface area contributed by atoms with E-state index in [0.29, 0.717) is 18.4 Å². The lowest BCUT2D eigenvalue weighted by atomic mass is 9.73. The number of rotatable bonds is 3. The number of aliphatic carboxylic acids is 1. The van der Waals surface area contributed by atoms with Gasteiger partial charge in [-0.15, -0.1) is 12.4 Å². The van der Waals surface area contributed by atoms with Crippen molar-refractivity contribution in [3.8, 4) is 0 Å². The quantitative estimate of drug-likeness (QED) is 0.831. The van der Waals surface area contributed by atoms with Crippen molar-refractivity contribution in [3.05, 3.63) is 0 Å². The van der Waals surface area contributed by atoms with Gasteiger partial charge in [0.15, 0.2) is 0 Å². The van der Waals surface area contributed by atoms with Crippen LogP contribution in [0.25, 0.3) is 0 Å². The molecule has 19 heavy (non-hydrogen) atoms. The molecule has 2 N–H and O–H groups in total. The molecule has 4 nitrogen and oxygen atoms in total. The summed E-state index contributed by atoms with van der Waals surface area (Å²) < 4.78 is 0. The number of nitrogens with one attached hydrogen (secondary N) is 1. The fourth-order valence-electron chi connectivity index (χ4n) is 4.30. The molecule has 110 valence electrons. The predicted octanol–water partition coefficient (Wildman–Crippen LogP) is 1.74. The molecule has 3 unspecified atom stereocenters. The third-order valence-electron chi connectivity index (χ3n) is 5.16. The van der Waals surface area contributed by atoms with Gasteiger partial charge in [0.05, 0.1) is 0 Å². The molecular weight excluding hydrogens is 264 g/mol. The lowest BCUT2D eigenvalue weighted by molar-refractivity contribution is -0.137. The molecule has 0 aromatic rings. The van der Waals surface area contributed by atoms with Gasteiger partial charge in [-0.3, -0.25) is 9.69 Å². The maximum absolute atomic E-state index is 10.7. The number of carbonyl (C=O) groups is 1. The molecule has 0 aliphatic carbocycles. The molecule has 3 aliphatic rings. The van der Waals surface area contributed by atoms with Crippen molar-refractivity contribution in [1.29, 1.82) is 0 Å². The average Bonchev–Trinajstić information content (AvgIpc) is 2.38. The zero-order chi connectivity index (χ0) is 12.5. The van der Waals surface area contributed by atoms with Gasteiger partial charge in [0.1, 0.15) is 0 Å². The molecule has 2 bridgehead atoms. The van der Waals surface area contributed by atoms with E-state index in [1.807, 2.05) is 0 Å². The summed E-state index contributed by atoms with van der Waals surface area (Å²) in [6, 6.07) is 1.24. The van der Waals surface area contributed by atoms with Crippen LogP contribution in [0, 0.1) is 11.8 Å². The van der Waals surface area contributed by atoms with Crippen molar-refractivity contribution in [2.45, 2.75) is 50.6 Å². The largest absolute Gasteiger partial charge is 0.481 e. The van der Waals surface area contributed by atoms with E-state index in [2.05, 4.69) is 10.2 Å². The lowest BCUT2D eigenvalue weighted by Gasteiger charge is -2.52. The molecule has 3 saturated heterocycles. The van der Waals surface area contributed by atoms with Crippen molar-refractivity contribution < 1.29 is 9.90 Å². The van der Waals surface area contributed by atoms with E-state index in [1.54, 1.807) is 0 Å². The van der Waals surface area contributed by atoms with E-state index in [1.165, 1.54) is 38.8 Å². The number of hydrogen-bond donors (Lipinski definition) is 2. The molecule has 5 heteroatoms. The topological polar surface area (TPSA) is 52.6 Å². The first kappa shape index (κ1) is 15.1. The Balaban J connectivity index is 0.00000133. The Morgan fingerprint density at radius 3 is 2.95 bits per heavy atom. The van der Waals surface area contributed by atoms with E-state index in [4.69, 9.17) is 5.11 Å². The molecule has 3 fully saturated rings. The van der Waals surface area contributed by atoms with Gasteiger partial charge in [-0.1, -0.05) is 6.42 Å². The average molecular weight is 289 g/mol. The molecule has 0 spiro atoms. The Kier molecular flexibility index (Phi) is 5.09. The van der Waals surface area contributed by atoms with Gasteiger partial charge in [0.2, 0.25) is 0 Å². The summed E-state index contributed by atoms with van der Waals surface area (Å²) in [6.45, 7) is 3.56. The molecule has 3 heterocycles. The molecule has 4 atom stereocenters. The van der Waals surface area contributed by atoms with Crippen LogP contribution in [0.5, 0.6) is 0 Å². The van der Waals surface area contributed by atoms with Crippen LogP contribution in [0.1, 0.15) is 38.5 Å². The molecule has 0 amide bonds. The molecule has 0 aromatic heterocycles. The molecule has 0 saturated carbocycles. The first-order valence-corrected chi connectivity index (χ1v) is 7.43. The number of hydrogen-bond acceptors (Lipinski definition) is 3. The summed E-state index contributed by atoms with van der Waals surface area (Å²) >= 11 is 0. The van der Waals surface area contributed by atoms with E-state index < -0.39 is 5.97 Å². The number of nitrogens with zero attached hydrogens (tertiary/aromatic N) is 1. The second-order valence-corrected chi connectivity index (χ2v) is 6.26. The summed E-state index contributed by atoms with van der Waals surface area (Å²) in [5, 5.41) is 12.4. The van der Waals surface area contributed by atoms with Crippen molar-refractivity contribution in [1.82, 2.24) is 10.2 Å². The summed E-state index contributed by atoms with van der Waals surface area (Å²) in [5.41, 5.74) is 0. The zero-order valence-corrected chi connectivity index (χ0v) is 12.2. The van der Waals surface area contributed by atoms with E-state index in [-0.39, 0.29) is 12.4 Å². The van der Waals surface area contributed by atoms with Gasteiger partial charge >= 0.3 is 5.97 Å². The minimum absolute atomic E-state index is 0. The number of carboxylic acid groups (broad SMARTS) is 1. The van der Waals surface area contributed by atoms with Crippen LogP contribution in [-0.2, 0) is 4.79 Å². The molecular formula is C14H25ClN2O2. The monoisotopic (exact) mass is 288 g/mol. The molecule has 3 rings (SSSR count). The molecule has 3 aliphatic heterocycles. The van der Waals surface area contributed by atoms with E-state index in [9.17, 15) is 4.79 Å². The van der Waals surface area contributed by atoms with Crippen molar-refractivity contribution in [3.63, 3.8) is 0 Å². The van der Waals surface area contributed by atoms with Crippen LogP contribution < -0.4 is 5.32 Å². The molecule has 0 radical (unpaired) electrons. The van der Waals surface area contributed by atoms with Gasteiger partial charge in [0.25, 0.3) is 0 Å². The van der Waals surface area contributed by atoms with Crippen LogP contribution in [0.3, 0.4) is 0 Å². The highest BCUT2D eigenvalue weighted by Crippen LogP contribution is 2.37. The van der Waals surface area contributed by atoms with Gasteiger partial charge in [-0.25, -0.2) is 0 Å². The third kappa shape index (κ3) is 3.23. The smallest absolute Gasteiger partial charge is 0.303 e. The maximum atomic E-state index is 10.7. The van der Waals surface area contributed by atoms with Crippen LogP contribution in [0.4, 0.5) is 0 Å². The summed E-state index contributed by atoms with van der Waals surface area (Å²) in [5.74, 6) is 0.827. The second-order valence-electron chi connectivity index (χ2n) is 6.26. The SMILES string of the molecule is Cl.O=C(O)CCC1NCC2CC1CN1CCCC[C@@H]21. The number of fused-ring (bicyclic) bond motifs is 4. The summed E-state index contributed by atoms with van der Waals surface area (Å²) in [4.78, 5) is 13.4.